The molecule has 0 amide bonds. The molecule has 7 nitrogen and oxygen atoms in total. The van der Waals surface area contributed by atoms with Crippen LogP contribution in [0.25, 0.3) is 0 Å². The van der Waals surface area contributed by atoms with Crippen molar-refractivity contribution in [2.24, 2.45) is 0 Å². The van der Waals surface area contributed by atoms with E-state index < -0.39 is 22.0 Å². The molecule has 2 unspecified atom stereocenters. The maximum Gasteiger partial charge on any atom is 0.322 e. The minimum Gasteiger partial charge on any atom is -0.480 e. The molecule has 2 N–H and O–H groups in total. The molecular formula is C10H15N3O4S2. The molecule has 1 aliphatic rings. The van der Waals surface area contributed by atoms with E-state index in [0.29, 0.717) is 6.42 Å². The number of nitrogens with one attached hydrogen (secondary N) is 1. The van der Waals surface area contributed by atoms with E-state index in [4.69, 9.17) is 0 Å². The van der Waals surface area contributed by atoms with Crippen molar-refractivity contribution in [2.75, 3.05) is 5.75 Å². The second-order valence-electron chi connectivity index (χ2n) is 4.19. The van der Waals surface area contributed by atoms with Gasteiger partial charge < -0.3 is 5.11 Å². The minimum absolute atomic E-state index is 0.0673. The standard InChI is InChI=1S/C10H15N3O4S2/c1-2-3-9-13(7(6-18-9)10(14)15)19(16,17)8-4-5-11-12-8/h4-5,7,9H,2-3,6H2,1H3,(H,11,12)(H,14,15). The van der Waals surface area contributed by atoms with Crippen LogP contribution in [-0.2, 0) is 14.8 Å². The van der Waals surface area contributed by atoms with Crippen LogP contribution in [-0.4, -0.2) is 51.2 Å². The number of carbonyl (C=O) groups is 1. The predicted molar refractivity (Wildman–Crippen MR) is 70.2 cm³/mol. The number of sulfonamides is 1. The van der Waals surface area contributed by atoms with E-state index in [-0.39, 0.29) is 16.2 Å². The summed E-state index contributed by atoms with van der Waals surface area (Å²) in [4.78, 5) is 11.2. The Hall–Kier alpha value is -1.06. The van der Waals surface area contributed by atoms with Crippen LogP contribution < -0.4 is 0 Å². The number of rotatable bonds is 5. The van der Waals surface area contributed by atoms with Gasteiger partial charge in [0.05, 0.1) is 11.6 Å². The second-order valence-corrected chi connectivity index (χ2v) is 7.21. The van der Waals surface area contributed by atoms with E-state index in [1.807, 2.05) is 6.92 Å². The van der Waals surface area contributed by atoms with Crippen LogP contribution in [0.1, 0.15) is 19.8 Å². The second kappa shape index (κ2) is 5.51. The van der Waals surface area contributed by atoms with Crippen molar-refractivity contribution in [3.8, 4) is 0 Å². The Morgan fingerprint density at radius 1 is 1.68 bits per heavy atom. The lowest BCUT2D eigenvalue weighted by Gasteiger charge is -2.25. The fourth-order valence-electron chi connectivity index (χ4n) is 2.01. The van der Waals surface area contributed by atoms with Gasteiger partial charge in [-0.25, -0.2) is 8.42 Å². The quantitative estimate of drug-likeness (QED) is 0.831. The van der Waals surface area contributed by atoms with Crippen molar-refractivity contribution < 1.29 is 18.3 Å². The summed E-state index contributed by atoms with van der Waals surface area (Å²) in [5.41, 5.74) is 0. The first-order valence-corrected chi connectivity index (χ1v) is 8.34. The summed E-state index contributed by atoms with van der Waals surface area (Å²) in [6.07, 6.45) is 2.75. The first-order chi connectivity index (χ1) is 8.98. The first kappa shape index (κ1) is 14.4. The maximum absolute atomic E-state index is 12.5. The third-order valence-electron chi connectivity index (χ3n) is 2.89. The molecule has 1 fully saturated rings. The number of aromatic amines is 1. The van der Waals surface area contributed by atoms with Gasteiger partial charge in [-0.3, -0.25) is 9.89 Å². The molecule has 1 aromatic heterocycles. The highest BCUT2D eigenvalue weighted by molar-refractivity contribution is 8.01. The molecule has 1 aromatic rings. The Bertz CT molecular complexity index is 543. The van der Waals surface area contributed by atoms with Gasteiger partial charge >= 0.3 is 5.97 Å². The van der Waals surface area contributed by atoms with Crippen LogP contribution in [0, 0.1) is 0 Å². The van der Waals surface area contributed by atoms with Gasteiger partial charge in [-0.05, 0) is 12.5 Å². The Morgan fingerprint density at radius 2 is 2.42 bits per heavy atom. The number of thioether (sulfide) groups is 1. The summed E-state index contributed by atoms with van der Waals surface area (Å²) in [5.74, 6) is -0.845. The highest BCUT2D eigenvalue weighted by Crippen LogP contribution is 2.36. The molecule has 2 atom stereocenters. The largest absolute Gasteiger partial charge is 0.480 e. The normalized spacial score (nSPS) is 24.7. The van der Waals surface area contributed by atoms with Gasteiger partial charge in [-0.2, -0.15) is 9.40 Å². The Balaban J connectivity index is 2.39. The monoisotopic (exact) mass is 305 g/mol. The molecule has 0 radical (unpaired) electrons. The van der Waals surface area contributed by atoms with Crippen molar-refractivity contribution in [1.29, 1.82) is 0 Å². The van der Waals surface area contributed by atoms with E-state index >= 15 is 0 Å². The molecule has 0 saturated carbocycles. The zero-order valence-electron chi connectivity index (χ0n) is 10.3. The van der Waals surface area contributed by atoms with Gasteiger partial charge in [-0.15, -0.1) is 11.8 Å². The molecule has 1 saturated heterocycles. The fraction of sp³-hybridized carbons (Fsp3) is 0.600. The smallest absolute Gasteiger partial charge is 0.322 e. The number of aliphatic carboxylic acids is 1. The average molecular weight is 305 g/mol. The highest BCUT2D eigenvalue weighted by atomic mass is 32.2. The predicted octanol–water partition coefficient (Wildman–Crippen LogP) is 0.727. The molecule has 9 heteroatoms. The molecule has 0 bridgehead atoms. The Labute approximate surface area is 115 Å². The van der Waals surface area contributed by atoms with E-state index in [2.05, 4.69) is 10.2 Å². The van der Waals surface area contributed by atoms with E-state index in [1.165, 1.54) is 24.0 Å². The van der Waals surface area contributed by atoms with Gasteiger partial charge in [0.25, 0.3) is 10.0 Å². The lowest BCUT2D eigenvalue weighted by atomic mass is 10.3. The summed E-state index contributed by atoms with van der Waals surface area (Å²) < 4.78 is 26.0. The first-order valence-electron chi connectivity index (χ1n) is 5.85. The zero-order chi connectivity index (χ0) is 14.0. The van der Waals surface area contributed by atoms with Gasteiger partial charge in [-0.1, -0.05) is 13.3 Å². The van der Waals surface area contributed by atoms with Crippen molar-refractivity contribution in [1.82, 2.24) is 14.5 Å². The number of hydrogen-bond acceptors (Lipinski definition) is 5. The lowest BCUT2D eigenvalue weighted by molar-refractivity contribution is -0.140. The molecule has 106 valence electrons. The highest BCUT2D eigenvalue weighted by Gasteiger charge is 2.46. The van der Waals surface area contributed by atoms with Crippen LogP contribution in [0.3, 0.4) is 0 Å². The van der Waals surface area contributed by atoms with Crippen molar-refractivity contribution in [3.63, 3.8) is 0 Å². The SMILES string of the molecule is CCCC1SCC(C(=O)O)N1S(=O)(=O)c1ccn[nH]1. The lowest BCUT2D eigenvalue weighted by Crippen LogP contribution is -2.45. The third-order valence-corrected chi connectivity index (χ3v) is 6.23. The maximum atomic E-state index is 12.5. The number of carboxylic acid groups (broad SMARTS) is 1. The average Bonchev–Trinajstić information content (AvgIpc) is 2.98. The van der Waals surface area contributed by atoms with Crippen molar-refractivity contribution in [2.45, 2.75) is 36.2 Å². The van der Waals surface area contributed by atoms with Crippen molar-refractivity contribution in [3.05, 3.63) is 12.3 Å². The van der Waals surface area contributed by atoms with Crippen LogP contribution in [0.2, 0.25) is 0 Å². The number of H-pyrrole nitrogens is 1. The number of hydrogen-bond donors (Lipinski definition) is 2. The fourth-order valence-corrected chi connectivity index (χ4v) is 5.57. The molecular weight excluding hydrogens is 290 g/mol. The molecule has 19 heavy (non-hydrogen) atoms. The molecule has 0 spiro atoms. The molecule has 2 rings (SSSR count). The van der Waals surface area contributed by atoms with Crippen LogP contribution in [0.4, 0.5) is 0 Å². The minimum atomic E-state index is -3.85. The number of carboxylic acids is 1. The van der Waals surface area contributed by atoms with Crippen LogP contribution >= 0.6 is 11.8 Å². The summed E-state index contributed by atoms with van der Waals surface area (Å²) in [6.45, 7) is 1.94. The third kappa shape index (κ3) is 2.63. The van der Waals surface area contributed by atoms with E-state index in [1.54, 1.807) is 0 Å². The number of aromatic nitrogens is 2. The molecule has 0 aromatic carbocycles. The molecule has 0 aliphatic carbocycles. The van der Waals surface area contributed by atoms with Gasteiger partial charge in [0, 0.05) is 5.75 Å². The van der Waals surface area contributed by atoms with Crippen molar-refractivity contribution >= 4 is 27.8 Å². The van der Waals surface area contributed by atoms with Gasteiger partial charge in [0.1, 0.15) is 6.04 Å². The summed E-state index contributed by atoms with van der Waals surface area (Å²) in [5, 5.41) is 14.8. The molecule has 1 aliphatic heterocycles. The van der Waals surface area contributed by atoms with Crippen LogP contribution in [0.5, 0.6) is 0 Å². The Morgan fingerprint density at radius 3 is 2.95 bits per heavy atom. The Kier molecular flexibility index (Phi) is 4.16. The topological polar surface area (TPSA) is 103 Å². The van der Waals surface area contributed by atoms with Crippen LogP contribution in [0.15, 0.2) is 17.3 Å². The summed E-state index contributed by atoms with van der Waals surface area (Å²) in [6, 6.07) is 0.315. The number of nitrogens with zero attached hydrogens (tertiary/aromatic N) is 2. The van der Waals surface area contributed by atoms with E-state index in [0.717, 1.165) is 10.7 Å². The van der Waals surface area contributed by atoms with Gasteiger partial charge in [0.15, 0.2) is 5.03 Å². The zero-order valence-corrected chi connectivity index (χ0v) is 11.9. The summed E-state index contributed by atoms with van der Waals surface area (Å²) >= 11 is 1.37. The molecule has 2 heterocycles. The van der Waals surface area contributed by atoms with E-state index in [9.17, 15) is 18.3 Å². The summed E-state index contributed by atoms with van der Waals surface area (Å²) in [7, 11) is -3.85. The van der Waals surface area contributed by atoms with Gasteiger partial charge in [0.2, 0.25) is 0 Å².